The molecule has 0 radical (unpaired) electrons. The molecular formula is C19H19F2N3O2. The summed E-state index contributed by atoms with van der Waals surface area (Å²) in [5, 5.41) is 5.41. The van der Waals surface area contributed by atoms with E-state index < -0.39 is 17.5 Å². The van der Waals surface area contributed by atoms with Crippen LogP contribution in [-0.4, -0.2) is 22.8 Å². The number of hydrogen-bond donors (Lipinski definition) is 2. The van der Waals surface area contributed by atoms with E-state index in [9.17, 15) is 18.4 Å². The van der Waals surface area contributed by atoms with Gasteiger partial charge >= 0.3 is 0 Å². The van der Waals surface area contributed by atoms with Crippen molar-refractivity contribution in [3.8, 4) is 0 Å². The van der Waals surface area contributed by atoms with E-state index in [1.54, 1.807) is 0 Å². The van der Waals surface area contributed by atoms with Crippen molar-refractivity contribution in [3.63, 3.8) is 0 Å². The van der Waals surface area contributed by atoms with Crippen molar-refractivity contribution in [2.75, 3.05) is 5.32 Å². The average molecular weight is 359 g/mol. The maximum atomic E-state index is 13.2. The lowest BCUT2D eigenvalue weighted by atomic mass is 9.95. The molecule has 1 aliphatic rings. The van der Waals surface area contributed by atoms with Gasteiger partial charge in [-0.15, -0.1) is 0 Å². The molecule has 3 rings (SSSR count). The summed E-state index contributed by atoms with van der Waals surface area (Å²) in [6, 6.07) is 6.12. The summed E-state index contributed by atoms with van der Waals surface area (Å²) in [6.45, 7) is 0. The minimum absolute atomic E-state index is 0.0195. The maximum absolute atomic E-state index is 13.2. The van der Waals surface area contributed by atoms with Crippen LogP contribution in [0.1, 0.15) is 53.0 Å². The zero-order valence-electron chi connectivity index (χ0n) is 14.1. The van der Waals surface area contributed by atoms with Gasteiger partial charge in [0.1, 0.15) is 5.69 Å². The Hall–Kier alpha value is -2.83. The first-order chi connectivity index (χ1) is 12.5. The number of nitrogens with one attached hydrogen (secondary N) is 2. The Morgan fingerprint density at radius 1 is 0.962 bits per heavy atom. The minimum Gasteiger partial charge on any atom is -0.349 e. The third-order valence-electron chi connectivity index (χ3n) is 4.37. The molecule has 0 bridgehead atoms. The van der Waals surface area contributed by atoms with Crippen LogP contribution in [-0.2, 0) is 0 Å². The van der Waals surface area contributed by atoms with E-state index in [0.717, 1.165) is 37.8 Å². The molecule has 0 spiro atoms. The first kappa shape index (κ1) is 18.0. The van der Waals surface area contributed by atoms with Gasteiger partial charge in [0.25, 0.3) is 11.8 Å². The molecule has 0 atom stereocenters. The smallest absolute Gasteiger partial charge is 0.274 e. The van der Waals surface area contributed by atoms with Gasteiger partial charge in [-0.2, -0.15) is 0 Å². The minimum atomic E-state index is -1.06. The summed E-state index contributed by atoms with van der Waals surface area (Å²) in [7, 11) is 0. The fraction of sp³-hybridized carbons (Fsp3) is 0.316. The lowest BCUT2D eigenvalue weighted by Gasteiger charge is -2.22. The van der Waals surface area contributed by atoms with E-state index in [1.165, 1.54) is 30.8 Å². The summed E-state index contributed by atoms with van der Waals surface area (Å²) in [5.74, 6) is -2.91. The largest absolute Gasteiger partial charge is 0.349 e. The number of hydrogen-bond acceptors (Lipinski definition) is 3. The number of anilines is 1. The highest BCUT2D eigenvalue weighted by molar-refractivity contribution is 6.04. The highest BCUT2D eigenvalue weighted by Gasteiger charge is 2.18. The van der Waals surface area contributed by atoms with Gasteiger partial charge in [0.05, 0.1) is 0 Å². The van der Waals surface area contributed by atoms with Gasteiger partial charge in [-0.3, -0.25) is 14.6 Å². The van der Waals surface area contributed by atoms with Crippen LogP contribution in [0.3, 0.4) is 0 Å². The molecule has 26 heavy (non-hydrogen) atoms. The van der Waals surface area contributed by atoms with Gasteiger partial charge in [0.2, 0.25) is 0 Å². The Balaban J connectivity index is 1.68. The Kier molecular flexibility index (Phi) is 5.55. The number of halogens is 2. The van der Waals surface area contributed by atoms with Crippen molar-refractivity contribution in [2.24, 2.45) is 0 Å². The fourth-order valence-corrected chi connectivity index (χ4v) is 2.98. The number of benzene rings is 1. The molecule has 1 aliphatic carbocycles. The summed E-state index contributed by atoms with van der Waals surface area (Å²) in [5.41, 5.74) is 0.458. The van der Waals surface area contributed by atoms with Gasteiger partial charge in [-0.05, 0) is 37.1 Å². The van der Waals surface area contributed by atoms with Crippen molar-refractivity contribution < 1.29 is 18.4 Å². The quantitative estimate of drug-likeness (QED) is 0.875. The Morgan fingerprint density at radius 2 is 1.73 bits per heavy atom. The van der Waals surface area contributed by atoms with Crippen LogP contribution in [0.2, 0.25) is 0 Å². The van der Waals surface area contributed by atoms with Crippen molar-refractivity contribution in [1.82, 2.24) is 10.3 Å². The Bertz CT molecular complexity index is 820. The fourth-order valence-electron chi connectivity index (χ4n) is 2.98. The lowest BCUT2D eigenvalue weighted by molar-refractivity contribution is 0.0927. The molecule has 5 nitrogen and oxygen atoms in total. The van der Waals surface area contributed by atoms with Crippen LogP contribution >= 0.6 is 0 Å². The molecule has 1 fully saturated rings. The third-order valence-corrected chi connectivity index (χ3v) is 4.37. The number of aromatic nitrogens is 1. The van der Waals surface area contributed by atoms with Crippen molar-refractivity contribution in [2.45, 2.75) is 38.1 Å². The number of amides is 2. The molecule has 2 amide bonds. The predicted octanol–water partition coefficient (Wildman–Crippen LogP) is 3.67. The molecule has 1 heterocycles. The normalized spacial score (nSPS) is 14.7. The van der Waals surface area contributed by atoms with Gasteiger partial charge in [0, 0.05) is 29.6 Å². The standard InChI is InChI=1S/C19H19F2N3O2/c20-15-7-6-14(11-16(15)21)24-19(26)17-10-12(8-9-22-17)18(25)23-13-4-2-1-3-5-13/h6-11,13H,1-5H2,(H,23,25)(H,24,26). The van der Waals surface area contributed by atoms with Crippen molar-refractivity contribution >= 4 is 17.5 Å². The van der Waals surface area contributed by atoms with E-state index >= 15 is 0 Å². The van der Waals surface area contributed by atoms with Crippen LogP contribution in [0.25, 0.3) is 0 Å². The van der Waals surface area contributed by atoms with Gasteiger partial charge in [-0.1, -0.05) is 19.3 Å². The summed E-state index contributed by atoms with van der Waals surface area (Å²) >= 11 is 0. The van der Waals surface area contributed by atoms with E-state index in [2.05, 4.69) is 15.6 Å². The van der Waals surface area contributed by atoms with E-state index in [-0.39, 0.29) is 23.3 Å². The Morgan fingerprint density at radius 3 is 2.46 bits per heavy atom. The zero-order valence-corrected chi connectivity index (χ0v) is 14.1. The molecule has 7 heteroatoms. The summed E-state index contributed by atoms with van der Waals surface area (Å²) in [4.78, 5) is 28.6. The number of carbonyl (C=O) groups is 2. The first-order valence-corrected chi connectivity index (χ1v) is 8.56. The molecule has 2 aromatic rings. The Labute approximate surface area is 149 Å². The predicted molar refractivity (Wildman–Crippen MR) is 92.9 cm³/mol. The number of rotatable bonds is 4. The van der Waals surface area contributed by atoms with Crippen molar-refractivity contribution in [3.05, 3.63) is 59.4 Å². The van der Waals surface area contributed by atoms with E-state index in [0.29, 0.717) is 5.56 Å². The second-order valence-corrected chi connectivity index (χ2v) is 6.32. The van der Waals surface area contributed by atoms with Crippen molar-refractivity contribution in [1.29, 1.82) is 0 Å². The molecule has 1 aromatic carbocycles. The molecule has 136 valence electrons. The number of carbonyl (C=O) groups excluding carboxylic acids is 2. The number of pyridine rings is 1. The average Bonchev–Trinajstić information content (AvgIpc) is 2.65. The molecule has 0 saturated heterocycles. The highest BCUT2D eigenvalue weighted by Crippen LogP contribution is 2.18. The lowest BCUT2D eigenvalue weighted by Crippen LogP contribution is -2.36. The second kappa shape index (κ2) is 8.03. The molecule has 1 saturated carbocycles. The van der Waals surface area contributed by atoms with Gasteiger partial charge < -0.3 is 10.6 Å². The first-order valence-electron chi connectivity index (χ1n) is 8.56. The topological polar surface area (TPSA) is 71.1 Å². The van der Waals surface area contributed by atoms with Crippen LogP contribution in [0.5, 0.6) is 0 Å². The van der Waals surface area contributed by atoms with Crippen LogP contribution < -0.4 is 10.6 Å². The molecule has 1 aromatic heterocycles. The van der Waals surface area contributed by atoms with E-state index in [4.69, 9.17) is 0 Å². The highest BCUT2D eigenvalue weighted by atomic mass is 19.2. The SMILES string of the molecule is O=C(NC1CCCCC1)c1ccnc(C(=O)Nc2ccc(F)c(F)c2)c1. The number of nitrogens with zero attached hydrogens (tertiary/aromatic N) is 1. The summed E-state index contributed by atoms with van der Waals surface area (Å²) < 4.78 is 26.2. The molecular weight excluding hydrogens is 340 g/mol. The van der Waals surface area contributed by atoms with Gasteiger partial charge in [0.15, 0.2) is 11.6 Å². The van der Waals surface area contributed by atoms with Crippen LogP contribution in [0, 0.1) is 11.6 Å². The van der Waals surface area contributed by atoms with Gasteiger partial charge in [-0.25, -0.2) is 8.78 Å². The monoisotopic (exact) mass is 359 g/mol. The second-order valence-electron chi connectivity index (χ2n) is 6.32. The van der Waals surface area contributed by atoms with Crippen LogP contribution in [0.4, 0.5) is 14.5 Å². The van der Waals surface area contributed by atoms with Crippen LogP contribution in [0.15, 0.2) is 36.5 Å². The molecule has 0 unspecified atom stereocenters. The van der Waals surface area contributed by atoms with E-state index in [1.807, 2.05) is 0 Å². The molecule has 2 N–H and O–H groups in total. The third kappa shape index (κ3) is 4.41. The zero-order chi connectivity index (χ0) is 18.5. The maximum Gasteiger partial charge on any atom is 0.274 e. The summed E-state index contributed by atoms with van der Waals surface area (Å²) in [6.07, 6.45) is 6.68. The molecule has 0 aliphatic heterocycles.